The molecule has 2 N–H and O–H groups in total. The summed E-state index contributed by atoms with van der Waals surface area (Å²) >= 11 is 0. The molecule has 0 amide bonds. The molecular weight excluding hydrogens is 218 g/mol. The highest BCUT2D eigenvalue weighted by atomic mass is 16.5. The monoisotopic (exact) mass is 233 g/mol. The Labute approximate surface area is 99.2 Å². The molecule has 0 aliphatic rings. The van der Waals surface area contributed by atoms with Gasteiger partial charge in [0.1, 0.15) is 0 Å². The second-order valence-electron chi connectivity index (χ2n) is 3.83. The van der Waals surface area contributed by atoms with E-state index >= 15 is 0 Å². The fourth-order valence-corrected chi connectivity index (χ4v) is 1.83. The number of para-hydroxylation sites is 1. The average molecular weight is 233 g/mol. The number of esters is 1. The topological polar surface area (TPSA) is 62.3 Å². The van der Waals surface area contributed by atoms with Crippen LogP contribution in [0.5, 0.6) is 0 Å². The first-order valence-electron chi connectivity index (χ1n) is 5.62. The SMILES string of the molecule is CCOC(=O)[C@@H](O)Cc1c[nH]c2ccccc12. The van der Waals surface area contributed by atoms with Gasteiger partial charge in [-0.15, -0.1) is 0 Å². The summed E-state index contributed by atoms with van der Waals surface area (Å²) in [5, 5.41) is 10.7. The van der Waals surface area contributed by atoms with Gasteiger partial charge in [0, 0.05) is 23.5 Å². The Morgan fingerprint density at radius 2 is 2.24 bits per heavy atom. The number of hydrogen-bond donors (Lipinski definition) is 2. The molecule has 0 saturated carbocycles. The summed E-state index contributed by atoms with van der Waals surface area (Å²) in [6.45, 7) is 2.00. The molecule has 0 spiro atoms. The Morgan fingerprint density at radius 1 is 1.47 bits per heavy atom. The minimum atomic E-state index is -1.10. The number of fused-ring (bicyclic) bond motifs is 1. The lowest BCUT2D eigenvalue weighted by molar-refractivity contribution is -0.152. The Balaban J connectivity index is 2.16. The number of aromatic amines is 1. The van der Waals surface area contributed by atoms with Crippen LogP contribution in [-0.4, -0.2) is 28.8 Å². The second-order valence-corrected chi connectivity index (χ2v) is 3.83. The third kappa shape index (κ3) is 2.47. The van der Waals surface area contributed by atoms with E-state index in [1.807, 2.05) is 30.5 Å². The van der Waals surface area contributed by atoms with Crippen molar-refractivity contribution in [2.45, 2.75) is 19.4 Å². The lowest BCUT2D eigenvalue weighted by atomic mass is 10.1. The Hall–Kier alpha value is -1.81. The van der Waals surface area contributed by atoms with Crippen molar-refractivity contribution in [2.24, 2.45) is 0 Å². The van der Waals surface area contributed by atoms with Gasteiger partial charge >= 0.3 is 5.97 Å². The van der Waals surface area contributed by atoms with Gasteiger partial charge in [-0.2, -0.15) is 0 Å². The van der Waals surface area contributed by atoms with Gasteiger partial charge < -0.3 is 14.8 Å². The maximum atomic E-state index is 11.3. The molecule has 4 heteroatoms. The minimum absolute atomic E-state index is 0.267. The second kappa shape index (κ2) is 5.01. The van der Waals surface area contributed by atoms with E-state index in [4.69, 9.17) is 4.74 Å². The Morgan fingerprint density at radius 3 is 3.00 bits per heavy atom. The number of aliphatic hydroxyl groups excluding tert-OH is 1. The molecule has 0 unspecified atom stereocenters. The summed E-state index contributed by atoms with van der Waals surface area (Å²) in [6, 6.07) is 7.77. The molecule has 0 fully saturated rings. The average Bonchev–Trinajstić information content (AvgIpc) is 2.73. The van der Waals surface area contributed by atoms with Crippen molar-refractivity contribution in [1.29, 1.82) is 0 Å². The number of ether oxygens (including phenoxy) is 1. The number of carbonyl (C=O) groups is 1. The summed E-state index contributed by atoms with van der Waals surface area (Å²) in [6.07, 6.45) is 0.977. The molecule has 0 aliphatic heterocycles. The van der Waals surface area contributed by atoms with E-state index in [0.717, 1.165) is 16.5 Å². The number of aromatic nitrogens is 1. The number of hydrogen-bond acceptors (Lipinski definition) is 3. The molecule has 0 radical (unpaired) electrons. The molecule has 2 rings (SSSR count). The van der Waals surface area contributed by atoms with Crippen LogP contribution in [0.25, 0.3) is 10.9 Å². The predicted octanol–water partition coefficient (Wildman–Crippen LogP) is 1.63. The summed E-state index contributed by atoms with van der Waals surface area (Å²) in [4.78, 5) is 14.4. The van der Waals surface area contributed by atoms with Crippen LogP contribution in [-0.2, 0) is 16.0 Å². The molecule has 1 aromatic heterocycles. The third-order valence-corrected chi connectivity index (χ3v) is 2.65. The van der Waals surface area contributed by atoms with E-state index in [1.54, 1.807) is 6.92 Å². The highest BCUT2D eigenvalue weighted by Crippen LogP contribution is 2.19. The van der Waals surface area contributed by atoms with Crippen LogP contribution < -0.4 is 0 Å². The highest BCUT2D eigenvalue weighted by molar-refractivity contribution is 5.84. The third-order valence-electron chi connectivity index (χ3n) is 2.65. The van der Waals surface area contributed by atoms with E-state index in [0.29, 0.717) is 0 Å². The van der Waals surface area contributed by atoms with Crippen molar-refractivity contribution in [1.82, 2.24) is 4.98 Å². The van der Waals surface area contributed by atoms with E-state index in [1.165, 1.54) is 0 Å². The molecule has 17 heavy (non-hydrogen) atoms. The zero-order valence-electron chi connectivity index (χ0n) is 9.64. The predicted molar refractivity (Wildman–Crippen MR) is 64.6 cm³/mol. The van der Waals surface area contributed by atoms with Crippen molar-refractivity contribution < 1.29 is 14.6 Å². The van der Waals surface area contributed by atoms with Gasteiger partial charge in [-0.05, 0) is 18.6 Å². The van der Waals surface area contributed by atoms with Crippen LogP contribution in [0.1, 0.15) is 12.5 Å². The molecule has 0 aliphatic carbocycles. The van der Waals surface area contributed by atoms with E-state index < -0.39 is 12.1 Å². The number of H-pyrrole nitrogens is 1. The number of aliphatic hydroxyl groups is 1. The van der Waals surface area contributed by atoms with E-state index in [2.05, 4.69) is 4.98 Å². The minimum Gasteiger partial charge on any atom is -0.464 e. The van der Waals surface area contributed by atoms with Crippen LogP contribution in [0.4, 0.5) is 0 Å². The van der Waals surface area contributed by atoms with Gasteiger partial charge in [0.05, 0.1) is 6.61 Å². The Bertz CT molecular complexity index is 518. The normalized spacial score (nSPS) is 12.6. The van der Waals surface area contributed by atoms with Crippen molar-refractivity contribution in [3.05, 3.63) is 36.0 Å². The van der Waals surface area contributed by atoms with E-state index in [9.17, 15) is 9.90 Å². The van der Waals surface area contributed by atoms with Crippen molar-refractivity contribution in [3.8, 4) is 0 Å². The summed E-state index contributed by atoms with van der Waals surface area (Å²) in [7, 11) is 0. The quantitative estimate of drug-likeness (QED) is 0.789. The largest absolute Gasteiger partial charge is 0.464 e. The Kier molecular flexibility index (Phi) is 3.44. The standard InChI is InChI=1S/C13H15NO3/c1-2-17-13(16)12(15)7-9-8-14-11-6-4-3-5-10(9)11/h3-6,8,12,14-15H,2,7H2,1H3/t12-/m0/s1. The summed E-state index contributed by atoms with van der Waals surface area (Å²) in [5.74, 6) is -0.571. The molecule has 1 atom stereocenters. The lowest BCUT2D eigenvalue weighted by Crippen LogP contribution is -2.25. The van der Waals surface area contributed by atoms with Crippen molar-refractivity contribution in [3.63, 3.8) is 0 Å². The molecular formula is C13H15NO3. The van der Waals surface area contributed by atoms with Gasteiger partial charge in [-0.3, -0.25) is 0 Å². The van der Waals surface area contributed by atoms with Crippen LogP contribution in [0.2, 0.25) is 0 Å². The lowest BCUT2D eigenvalue weighted by Gasteiger charge is -2.08. The summed E-state index contributed by atoms with van der Waals surface area (Å²) < 4.78 is 4.77. The number of benzene rings is 1. The first-order valence-corrected chi connectivity index (χ1v) is 5.62. The number of nitrogens with one attached hydrogen (secondary N) is 1. The van der Waals surface area contributed by atoms with Gasteiger partial charge in [0.2, 0.25) is 0 Å². The maximum Gasteiger partial charge on any atom is 0.335 e. The first-order chi connectivity index (χ1) is 8.22. The number of carbonyl (C=O) groups excluding carboxylic acids is 1. The molecule has 90 valence electrons. The van der Waals surface area contributed by atoms with Gasteiger partial charge in [-0.25, -0.2) is 4.79 Å². The van der Waals surface area contributed by atoms with Crippen LogP contribution >= 0.6 is 0 Å². The zero-order chi connectivity index (χ0) is 12.3. The zero-order valence-corrected chi connectivity index (χ0v) is 9.64. The summed E-state index contributed by atoms with van der Waals surface area (Å²) in [5.41, 5.74) is 1.92. The smallest absolute Gasteiger partial charge is 0.335 e. The van der Waals surface area contributed by atoms with Gasteiger partial charge in [0.25, 0.3) is 0 Å². The van der Waals surface area contributed by atoms with Crippen molar-refractivity contribution in [2.75, 3.05) is 6.61 Å². The maximum absolute atomic E-state index is 11.3. The van der Waals surface area contributed by atoms with Crippen molar-refractivity contribution >= 4 is 16.9 Å². The number of rotatable bonds is 4. The molecule has 1 heterocycles. The van der Waals surface area contributed by atoms with Gasteiger partial charge in [0.15, 0.2) is 6.10 Å². The molecule has 1 aromatic carbocycles. The fraction of sp³-hybridized carbons (Fsp3) is 0.308. The highest BCUT2D eigenvalue weighted by Gasteiger charge is 2.18. The molecule has 2 aromatic rings. The molecule has 4 nitrogen and oxygen atoms in total. The fourth-order valence-electron chi connectivity index (χ4n) is 1.83. The van der Waals surface area contributed by atoms with Crippen LogP contribution in [0.3, 0.4) is 0 Å². The van der Waals surface area contributed by atoms with E-state index in [-0.39, 0.29) is 13.0 Å². The van der Waals surface area contributed by atoms with Crippen LogP contribution in [0, 0.1) is 0 Å². The first kappa shape index (κ1) is 11.7. The van der Waals surface area contributed by atoms with Gasteiger partial charge in [-0.1, -0.05) is 18.2 Å². The molecule has 0 saturated heterocycles. The molecule has 0 bridgehead atoms. The van der Waals surface area contributed by atoms with Crippen LogP contribution in [0.15, 0.2) is 30.5 Å².